The number of anilines is 1. The van der Waals surface area contributed by atoms with E-state index in [1.165, 1.54) is 7.11 Å². The molecule has 0 aromatic heterocycles. The number of aliphatic carboxylic acids is 1. The van der Waals surface area contributed by atoms with Gasteiger partial charge in [0.2, 0.25) is 0 Å². The van der Waals surface area contributed by atoms with E-state index in [9.17, 15) is 9.59 Å². The summed E-state index contributed by atoms with van der Waals surface area (Å²) in [6.07, 6.45) is 0.563. The number of carbonyl (C=O) groups is 2. The average molecular weight is 293 g/mol. The number of carboxylic acid groups (broad SMARTS) is 1. The van der Waals surface area contributed by atoms with Crippen LogP contribution < -0.4 is 9.64 Å². The number of Topliss-reactive ketones (excluding diaryl/α,β-unsaturated/α-hetero) is 1. The Morgan fingerprint density at radius 2 is 1.86 bits per heavy atom. The number of nitrogens with zero attached hydrogens (tertiary/aromatic N) is 1. The number of benzene rings is 1. The Morgan fingerprint density at radius 1 is 1.19 bits per heavy atom. The van der Waals surface area contributed by atoms with E-state index >= 15 is 0 Å². The minimum Gasteiger partial charge on any atom is -0.496 e. The summed E-state index contributed by atoms with van der Waals surface area (Å²) in [6.45, 7) is 5.90. The topological polar surface area (TPSA) is 66.8 Å². The van der Waals surface area contributed by atoms with Crippen LogP contribution in [0.5, 0.6) is 5.75 Å². The van der Waals surface area contributed by atoms with Crippen molar-refractivity contribution < 1.29 is 19.4 Å². The summed E-state index contributed by atoms with van der Waals surface area (Å²) in [4.78, 5) is 24.8. The first kappa shape index (κ1) is 17.0. The summed E-state index contributed by atoms with van der Waals surface area (Å²) < 4.78 is 5.31. The first-order chi connectivity index (χ1) is 10.0. The number of methoxy groups -OCH3 is 1. The first-order valence-electron chi connectivity index (χ1n) is 7.21. The summed E-state index contributed by atoms with van der Waals surface area (Å²) >= 11 is 0. The molecule has 0 saturated heterocycles. The van der Waals surface area contributed by atoms with Crippen molar-refractivity contribution in [2.24, 2.45) is 0 Å². The van der Waals surface area contributed by atoms with Crippen LogP contribution in [-0.4, -0.2) is 37.1 Å². The zero-order valence-corrected chi connectivity index (χ0v) is 12.9. The maximum atomic E-state index is 12.1. The van der Waals surface area contributed by atoms with E-state index in [1.54, 1.807) is 6.07 Å². The highest BCUT2D eigenvalue weighted by molar-refractivity contribution is 5.99. The fourth-order valence-electron chi connectivity index (χ4n) is 2.23. The van der Waals surface area contributed by atoms with Gasteiger partial charge in [-0.05, 0) is 32.4 Å². The van der Waals surface area contributed by atoms with Gasteiger partial charge >= 0.3 is 5.97 Å². The lowest BCUT2D eigenvalue weighted by Gasteiger charge is -2.22. The van der Waals surface area contributed by atoms with Crippen molar-refractivity contribution in [3.8, 4) is 5.75 Å². The molecule has 0 amide bonds. The molecule has 0 bridgehead atoms. The second kappa shape index (κ2) is 8.29. The molecule has 1 rings (SSSR count). The second-order valence-electron chi connectivity index (χ2n) is 4.73. The maximum Gasteiger partial charge on any atom is 0.303 e. The Balaban J connectivity index is 2.87. The van der Waals surface area contributed by atoms with Crippen molar-refractivity contribution in [3.63, 3.8) is 0 Å². The molecular weight excluding hydrogens is 270 g/mol. The van der Waals surface area contributed by atoms with Crippen LogP contribution in [-0.2, 0) is 4.79 Å². The van der Waals surface area contributed by atoms with E-state index in [1.807, 2.05) is 12.1 Å². The van der Waals surface area contributed by atoms with Gasteiger partial charge in [0.25, 0.3) is 0 Å². The fourth-order valence-corrected chi connectivity index (χ4v) is 2.23. The van der Waals surface area contributed by atoms with Crippen LogP contribution in [0.3, 0.4) is 0 Å². The van der Waals surface area contributed by atoms with Crippen LogP contribution in [0.2, 0.25) is 0 Å². The lowest BCUT2D eigenvalue weighted by atomic mass is 10.0. The van der Waals surface area contributed by atoms with Gasteiger partial charge in [0, 0.05) is 37.7 Å². The molecule has 1 aromatic rings. The molecule has 0 fully saturated rings. The minimum absolute atomic E-state index is 0.00554. The predicted octanol–water partition coefficient (Wildman–Crippen LogP) is 2.98. The van der Waals surface area contributed by atoms with Crippen molar-refractivity contribution in [2.45, 2.75) is 33.1 Å². The van der Waals surface area contributed by atoms with Gasteiger partial charge in [-0.3, -0.25) is 9.59 Å². The Morgan fingerprint density at radius 3 is 2.38 bits per heavy atom. The number of carbonyl (C=O) groups excluding carboxylic acids is 1. The molecule has 21 heavy (non-hydrogen) atoms. The summed E-state index contributed by atoms with van der Waals surface area (Å²) in [5.74, 6) is -0.425. The van der Waals surface area contributed by atoms with Crippen LogP contribution in [0, 0.1) is 0 Å². The van der Waals surface area contributed by atoms with Gasteiger partial charge in [-0.15, -0.1) is 0 Å². The Labute approximate surface area is 125 Å². The van der Waals surface area contributed by atoms with Gasteiger partial charge in [0.15, 0.2) is 5.78 Å². The van der Waals surface area contributed by atoms with Crippen LogP contribution in [0.1, 0.15) is 43.5 Å². The van der Waals surface area contributed by atoms with Crippen LogP contribution in [0.25, 0.3) is 0 Å². The minimum atomic E-state index is -0.883. The SMILES string of the molecule is CCN(CC)c1ccc(C(=O)CCCC(=O)O)c(OC)c1. The molecule has 0 unspecified atom stereocenters. The standard InChI is InChI=1S/C16H23NO4/c1-4-17(5-2)12-9-10-13(15(11-12)21-3)14(18)7-6-8-16(19)20/h9-11H,4-8H2,1-3H3,(H,19,20). The smallest absolute Gasteiger partial charge is 0.303 e. The van der Waals surface area contributed by atoms with E-state index in [4.69, 9.17) is 9.84 Å². The third-order valence-electron chi connectivity index (χ3n) is 3.41. The molecule has 0 saturated carbocycles. The molecule has 0 aliphatic carbocycles. The highest BCUT2D eigenvalue weighted by Crippen LogP contribution is 2.27. The quantitative estimate of drug-likeness (QED) is 0.709. The molecule has 1 N–H and O–H groups in total. The molecule has 0 spiro atoms. The maximum absolute atomic E-state index is 12.1. The lowest BCUT2D eigenvalue weighted by Crippen LogP contribution is -2.21. The van der Waals surface area contributed by atoms with E-state index < -0.39 is 5.97 Å². The van der Waals surface area contributed by atoms with Crippen LogP contribution in [0.15, 0.2) is 18.2 Å². The zero-order valence-electron chi connectivity index (χ0n) is 12.9. The molecule has 116 valence electrons. The number of rotatable bonds is 9. The normalized spacial score (nSPS) is 10.2. The molecule has 0 aliphatic heterocycles. The molecule has 5 nitrogen and oxygen atoms in total. The molecule has 0 heterocycles. The van der Waals surface area contributed by atoms with Gasteiger partial charge in [-0.2, -0.15) is 0 Å². The predicted molar refractivity (Wildman–Crippen MR) is 82.4 cm³/mol. The van der Waals surface area contributed by atoms with E-state index in [2.05, 4.69) is 18.7 Å². The zero-order chi connectivity index (χ0) is 15.8. The number of hydrogen-bond acceptors (Lipinski definition) is 4. The van der Waals surface area contributed by atoms with Crippen LogP contribution in [0.4, 0.5) is 5.69 Å². The van der Waals surface area contributed by atoms with E-state index in [-0.39, 0.29) is 18.6 Å². The largest absolute Gasteiger partial charge is 0.496 e. The van der Waals surface area contributed by atoms with Crippen molar-refractivity contribution in [1.82, 2.24) is 0 Å². The van der Waals surface area contributed by atoms with Crippen molar-refractivity contribution in [3.05, 3.63) is 23.8 Å². The van der Waals surface area contributed by atoms with Crippen molar-refractivity contribution in [1.29, 1.82) is 0 Å². The Hall–Kier alpha value is -2.04. The number of carboxylic acids is 1. The lowest BCUT2D eigenvalue weighted by molar-refractivity contribution is -0.137. The van der Waals surface area contributed by atoms with E-state index in [0.29, 0.717) is 17.7 Å². The summed E-state index contributed by atoms with van der Waals surface area (Å²) in [5, 5.41) is 8.61. The number of ketones is 1. The molecular formula is C16H23NO4. The number of ether oxygens (including phenoxy) is 1. The highest BCUT2D eigenvalue weighted by Gasteiger charge is 2.14. The number of hydrogen-bond donors (Lipinski definition) is 1. The van der Waals surface area contributed by atoms with Gasteiger partial charge in [0.05, 0.1) is 12.7 Å². The monoisotopic (exact) mass is 293 g/mol. The average Bonchev–Trinajstić information content (AvgIpc) is 2.47. The summed E-state index contributed by atoms with van der Waals surface area (Å²) in [7, 11) is 1.54. The first-order valence-corrected chi connectivity index (χ1v) is 7.21. The van der Waals surface area contributed by atoms with Gasteiger partial charge in [-0.25, -0.2) is 0 Å². The molecule has 0 radical (unpaired) electrons. The third-order valence-corrected chi connectivity index (χ3v) is 3.41. The summed E-state index contributed by atoms with van der Waals surface area (Å²) in [5.41, 5.74) is 1.53. The van der Waals surface area contributed by atoms with Crippen LogP contribution >= 0.6 is 0 Å². The Bertz CT molecular complexity index is 495. The van der Waals surface area contributed by atoms with Crippen molar-refractivity contribution >= 4 is 17.4 Å². The Kier molecular flexibility index (Phi) is 6.72. The third kappa shape index (κ3) is 4.77. The molecule has 1 aromatic carbocycles. The van der Waals surface area contributed by atoms with Crippen molar-refractivity contribution in [2.75, 3.05) is 25.1 Å². The van der Waals surface area contributed by atoms with Gasteiger partial charge in [-0.1, -0.05) is 0 Å². The highest BCUT2D eigenvalue weighted by atomic mass is 16.5. The molecule has 0 atom stereocenters. The molecule has 5 heteroatoms. The van der Waals surface area contributed by atoms with E-state index in [0.717, 1.165) is 18.8 Å². The second-order valence-corrected chi connectivity index (χ2v) is 4.73. The van der Waals surface area contributed by atoms with Gasteiger partial charge < -0.3 is 14.7 Å². The van der Waals surface area contributed by atoms with Gasteiger partial charge in [0.1, 0.15) is 5.75 Å². The fraction of sp³-hybridized carbons (Fsp3) is 0.500. The summed E-state index contributed by atoms with van der Waals surface area (Å²) in [6, 6.07) is 5.52. The molecule has 0 aliphatic rings.